The number of fused-ring (bicyclic) bond motifs is 1. The van der Waals surface area contributed by atoms with Gasteiger partial charge in [0.15, 0.2) is 11.0 Å². The van der Waals surface area contributed by atoms with Gasteiger partial charge in [-0.15, -0.1) is 21.5 Å². The third kappa shape index (κ3) is 4.31. The zero-order valence-electron chi connectivity index (χ0n) is 17.4. The normalized spacial score (nSPS) is 12.5. The van der Waals surface area contributed by atoms with E-state index in [1.807, 2.05) is 35.9 Å². The molecule has 4 rings (SSSR count). The Hall–Kier alpha value is -2.85. The number of ether oxygens (including phenoxy) is 2. The molecule has 8 nitrogen and oxygen atoms in total. The quantitative estimate of drug-likeness (QED) is 0.427. The summed E-state index contributed by atoms with van der Waals surface area (Å²) < 4.78 is 12.0. The predicted octanol–water partition coefficient (Wildman–Crippen LogP) is 3.56. The molecule has 1 amide bonds. The van der Waals surface area contributed by atoms with Gasteiger partial charge in [0.05, 0.1) is 25.5 Å². The van der Waals surface area contributed by atoms with E-state index in [9.17, 15) is 9.59 Å². The number of nitrogens with one attached hydrogen (secondary N) is 1. The van der Waals surface area contributed by atoms with Crippen LogP contribution >= 0.6 is 23.1 Å². The van der Waals surface area contributed by atoms with Crippen molar-refractivity contribution in [1.82, 2.24) is 14.8 Å². The number of amides is 1. The number of anilines is 1. The summed E-state index contributed by atoms with van der Waals surface area (Å²) in [5.74, 6) is 1.01. The van der Waals surface area contributed by atoms with E-state index in [0.717, 1.165) is 41.0 Å². The van der Waals surface area contributed by atoms with Gasteiger partial charge in [-0.05, 0) is 49.1 Å². The third-order valence-corrected chi connectivity index (χ3v) is 7.31. The highest BCUT2D eigenvalue weighted by Gasteiger charge is 2.28. The van der Waals surface area contributed by atoms with Gasteiger partial charge in [-0.2, -0.15) is 0 Å². The van der Waals surface area contributed by atoms with Crippen LogP contribution in [0.1, 0.15) is 27.2 Å². The molecule has 0 saturated carbocycles. The number of hydrogen-bond donors (Lipinski definition) is 1. The van der Waals surface area contributed by atoms with Crippen LogP contribution in [0.2, 0.25) is 0 Å². The fraction of sp³-hybridized carbons (Fsp3) is 0.333. The van der Waals surface area contributed by atoms with E-state index < -0.39 is 5.97 Å². The zero-order chi connectivity index (χ0) is 22.0. The Morgan fingerprint density at radius 2 is 1.97 bits per heavy atom. The molecule has 3 aromatic rings. The first kappa shape index (κ1) is 21.4. The van der Waals surface area contributed by atoms with E-state index in [0.29, 0.717) is 21.5 Å². The number of aryl methyl sites for hydroxylation is 1. The topological polar surface area (TPSA) is 95.3 Å². The Morgan fingerprint density at radius 3 is 2.68 bits per heavy atom. The standard InChI is InChI=1S/C21H22N4O4S2/c1-25-18(12-7-9-13(28-2)10-8-12)23-24-21(25)30-11-16(26)22-19-17(20(27)29-3)14-5-4-6-15(14)31-19/h7-10H,4-6,11H2,1-3H3,(H,22,26). The molecule has 1 aliphatic rings. The van der Waals surface area contributed by atoms with Crippen molar-refractivity contribution >= 4 is 40.0 Å². The molecule has 0 bridgehead atoms. The van der Waals surface area contributed by atoms with Crippen molar-refractivity contribution in [3.05, 3.63) is 40.3 Å². The number of benzene rings is 1. The van der Waals surface area contributed by atoms with Gasteiger partial charge in [0.1, 0.15) is 10.8 Å². The zero-order valence-corrected chi connectivity index (χ0v) is 19.1. The van der Waals surface area contributed by atoms with Gasteiger partial charge in [-0.25, -0.2) is 4.79 Å². The van der Waals surface area contributed by atoms with Crippen LogP contribution < -0.4 is 10.1 Å². The maximum absolute atomic E-state index is 12.6. The monoisotopic (exact) mass is 458 g/mol. The Balaban J connectivity index is 1.43. The number of thiophene rings is 1. The molecule has 0 saturated heterocycles. The summed E-state index contributed by atoms with van der Waals surface area (Å²) in [5.41, 5.74) is 2.42. The van der Waals surface area contributed by atoms with Crippen molar-refractivity contribution in [2.75, 3.05) is 25.3 Å². The van der Waals surface area contributed by atoms with Crippen molar-refractivity contribution in [3.63, 3.8) is 0 Å². The van der Waals surface area contributed by atoms with Crippen LogP contribution in [0, 0.1) is 0 Å². The number of esters is 1. The first-order valence-electron chi connectivity index (χ1n) is 9.71. The van der Waals surface area contributed by atoms with Gasteiger partial charge >= 0.3 is 5.97 Å². The molecule has 0 radical (unpaired) electrons. The number of hydrogen-bond acceptors (Lipinski definition) is 8. The number of nitrogens with zero attached hydrogens (tertiary/aromatic N) is 3. The lowest BCUT2D eigenvalue weighted by Crippen LogP contribution is -2.16. The van der Waals surface area contributed by atoms with Crippen LogP contribution in [0.25, 0.3) is 11.4 Å². The summed E-state index contributed by atoms with van der Waals surface area (Å²) in [6, 6.07) is 7.55. The summed E-state index contributed by atoms with van der Waals surface area (Å²) in [6.45, 7) is 0. The van der Waals surface area contributed by atoms with Gasteiger partial charge in [0.25, 0.3) is 0 Å². The van der Waals surface area contributed by atoms with E-state index in [-0.39, 0.29) is 11.7 Å². The maximum atomic E-state index is 12.6. The lowest BCUT2D eigenvalue weighted by Gasteiger charge is -2.07. The second kappa shape index (κ2) is 9.11. The summed E-state index contributed by atoms with van der Waals surface area (Å²) in [5, 5.41) is 12.5. The molecule has 2 heterocycles. The molecule has 0 atom stereocenters. The molecule has 0 unspecified atom stereocenters. The van der Waals surface area contributed by atoms with Crippen LogP contribution in [0.15, 0.2) is 29.4 Å². The third-order valence-electron chi connectivity index (χ3n) is 5.08. The van der Waals surface area contributed by atoms with Gasteiger partial charge in [-0.3, -0.25) is 4.79 Å². The molecule has 10 heteroatoms. The number of carbonyl (C=O) groups excluding carboxylic acids is 2. The van der Waals surface area contributed by atoms with E-state index in [2.05, 4.69) is 15.5 Å². The molecule has 0 fully saturated rings. The second-order valence-corrected chi connectivity index (χ2v) is 9.03. The molecule has 162 valence electrons. The Labute approximate surface area is 188 Å². The van der Waals surface area contributed by atoms with Gasteiger partial charge in [-0.1, -0.05) is 11.8 Å². The molecule has 1 N–H and O–H groups in total. The van der Waals surface area contributed by atoms with Crippen molar-refractivity contribution in [2.24, 2.45) is 7.05 Å². The van der Waals surface area contributed by atoms with Gasteiger partial charge in [0.2, 0.25) is 5.91 Å². The van der Waals surface area contributed by atoms with E-state index in [1.54, 1.807) is 7.11 Å². The highest BCUT2D eigenvalue weighted by molar-refractivity contribution is 7.99. The first-order chi connectivity index (χ1) is 15.0. The smallest absolute Gasteiger partial charge is 0.341 e. The molecule has 0 spiro atoms. The number of methoxy groups -OCH3 is 2. The highest BCUT2D eigenvalue weighted by Crippen LogP contribution is 2.39. The van der Waals surface area contributed by atoms with E-state index >= 15 is 0 Å². The van der Waals surface area contributed by atoms with Crippen LogP contribution in [0.3, 0.4) is 0 Å². The molecular formula is C21H22N4O4S2. The number of rotatable bonds is 7. The van der Waals surface area contributed by atoms with E-state index in [1.165, 1.54) is 30.2 Å². The minimum Gasteiger partial charge on any atom is -0.497 e. The van der Waals surface area contributed by atoms with Crippen LogP contribution in [-0.2, 0) is 29.4 Å². The molecule has 2 aromatic heterocycles. The Bertz CT molecular complexity index is 1120. The second-order valence-electron chi connectivity index (χ2n) is 6.98. The largest absolute Gasteiger partial charge is 0.497 e. The fourth-order valence-electron chi connectivity index (χ4n) is 3.54. The van der Waals surface area contributed by atoms with Crippen molar-refractivity contribution < 1.29 is 19.1 Å². The average Bonchev–Trinajstić information content (AvgIpc) is 3.46. The van der Waals surface area contributed by atoms with Crippen molar-refractivity contribution in [3.8, 4) is 17.1 Å². The first-order valence-corrected chi connectivity index (χ1v) is 11.5. The lowest BCUT2D eigenvalue weighted by molar-refractivity contribution is -0.113. The van der Waals surface area contributed by atoms with E-state index in [4.69, 9.17) is 9.47 Å². The predicted molar refractivity (Wildman–Crippen MR) is 120 cm³/mol. The maximum Gasteiger partial charge on any atom is 0.341 e. The van der Waals surface area contributed by atoms with Gasteiger partial charge in [0, 0.05) is 17.5 Å². The number of aromatic nitrogens is 3. The number of carbonyl (C=O) groups is 2. The summed E-state index contributed by atoms with van der Waals surface area (Å²) >= 11 is 2.75. The van der Waals surface area contributed by atoms with Gasteiger partial charge < -0.3 is 19.4 Å². The Morgan fingerprint density at radius 1 is 1.19 bits per heavy atom. The highest BCUT2D eigenvalue weighted by atomic mass is 32.2. The van der Waals surface area contributed by atoms with Crippen molar-refractivity contribution in [2.45, 2.75) is 24.4 Å². The summed E-state index contributed by atoms with van der Waals surface area (Å²) in [7, 11) is 4.84. The molecule has 31 heavy (non-hydrogen) atoms. The molecular weight excluding hydrogens is 436 g/mol. The van der Waals surface area contributed by atoms with Crippen LogP contribution in [0.5, 0.6) is 5.75 Å². The summed E-state index contributed by atoms with van der Waals surface area (Å²) in [6.07, 6.45) is 2.80. The lowest BCUT2D eigenvalue weighted by atomic mass is 10.1. The van der Waals surface area contributed by atoms with Crippen LogP contribution in [0.4, 0.5) is 5.00 Å². The molecule has 1 aromatic carbocycles. The minimum atomic E-state index is -0.403. The number of thioether (sulfide) groups is 1. The van der Waals surface area contributed by atoms with Crippen LogP contribution in [-0.4, -0.2) is 46.6 Å². The SMILES string of the molecule is COC(=O)c1c(NC(=O)CSc2nnc(-c3ccc(OC)cc3)n2C)sc2c1CCC2. The Kier molecular flexibility index (Phi) is 6.28. The average molecular weight is 459 g/mol. The summed E-state index contributed by atoms with van der Waals surface area (Å²) in [4.78, 5) is 26.0. The fourth-order valence-corrected chi connectivity index (χ4v) is 5.54. The molecule has 0 aliphatic heterocycles. The molecule has 1 aliphatic carbocycles. The minimum absolute atomic E-state index is 0.151. The van der Waals surface area contributed by atoms with Crippen molar-refractivity contribution in [1.29, 1.82) is 0 Å².